The molecule has 1 unspecified atom stereocenters. The summed E-state index contributed by atoms with van der Waals surface area (Å²) in [5.74, 6) is -9.97. The van der Waals surface area contributed by atoms with Gasteiger partial charge >= 0.3 is 35.8 Å². The maximum absolute atomic E-state index is 16.3. The van der Waals surface area contributed by atoms with Crippen molar-refractivity contribution in [1.29, 1.82) is 0 Å². The van der Waals surface area contributed by atoms with Crippen LogP contribution in [0.25, 0.3) is 0 Å². The molecule has 3 fully saturated rings. The highest BCUT2D eigenvalue weighted by molar-refractivity contribution is 5.97. The molecule has 1 amide bonds. The highest BCUT2D eigenvalue weighted by Gasteiger charge is 2.79. The quantitative estimate of drug-likeness (QED) is 0.0571. The van der Waals surface area contributed by atoms with E-state index in [1.54, 1.807) is 78.9 Å². The van der Waals surface area contributed by atoms with E-state index >= 15 is 4.79 Å². The van der Waals surface area contributed by atoms with Crippen LogP contribution in [0.15, 0.2) is 126 Å². The lowest BCUT2D eigenvalue weighted by Crippen LogP contribution is -2.82. The van der Waals surface area contributed by atoms with Gasteiger partial charge in [-0.1, -0.05) is 92.7 Å². The van der Waals surface area contributed by atoms with Gasteiger partial charge in [-0.2, -0.15) is 0 Å². The lowest BCUT2D eigenvalue weighted by molar-refractivity contribution is -0.346. The van der Waals surface area contributed by atoms with Gasteiger partial charge in [0.05, 0.1) is 41.5 Å². The summed E-state index contributed by atoms with van der Waals surface area (Å²) < 4.78 is 37.2. The van der Waals surface area contributed by atoms with E-state index in [4.69, 9.17) is 28.4 Å². The third-order valence-corrected chi connectivity index (χ3v) is 15.9. The molecule has 4 N–H and O–H groups in total. The van der Waals surface area contributed by atoms with Gasteiger partial charge in [0.15, 0.2) is 23.6 Å². The molecule has 1 heterocycles. The second-order valence-corrected chi connectivity index (χ2v) is 21.0. The van der Waals surface area contributed by atoms with Gasteiger partial charge in [0.2, 0.25) is 0 Å². The number of aliphatic hydroxyl groups excluding tert-OH is 1. The molecule has 11 atom stereocenters. The molecule has 8 rings (SSSR count). The van der Waals surface area contributed by atoms with Crippen LogP contribution < -0.4 is 5.32 Å². The van der Waals surface area contributed by atoms with E-state index in [0.29, 0.717) is 11.1 Å². The zero-order chi connectivity index (χ0) is 56.5. The highest BCUT2D eigenvalue weighted by atomic mass is 16.6. The second kappa shape index (κ2) is 22.2. The Morgan fingerprint density at radius 3 is 1.91 bits per heavy atom. The Balaban J connectivity index is 1.24. The molecule has 3 aliphatic carbocycles. The summed E-state index contributed by atoms with van der Waals surface area (Å²) in [6.07, 6.45) is -12.4. The maximum atomic E-state index is 16.3. The zero-order valence-electron chi connectivity index (χ0n) is 43.8. The molecule has 0 aromatic heterocycles. The van der Waals surface area contributed by atoms with Gasteiger partial charge < -0.3 is 49.1 Å². The number of carboxylic acid groups (broad SMARTS) is 1. The standard InChI is InChI=1S/C59H61NO18/c1-32-41(75-55(71)47(65)46(36-16-10-7-11-17-36)60-52(67)37-18-12-8-13-19-37)30-59(72)51(77-54(70)39-20-14-9-15-21-39)49-57(6,50(66)48(74-33(2)61)45(32)56(59,4)5)42(29-43-58(49,31-73-43)78-34(3)62)76-44(64)27-26-40(63)28-35-22-24-38(25-23-35)53(68)69/h7-25,41-43,46-49,51,65,72H,26-31H2,1-6H3,(H,60,67)(H,68,69)/t41-,42?,43+,46-,47+,48+,49-,51-,57+,58-,59+/m0/s1. The third kappa shape index (κ3) is 10.6. The van der Waals surface area contributed by atoms with Crippen LogP contribution in [0, 0.1) is 16.7 Å². The SMILES string of the molecule is CC(=O)O[C@H]1C(=O)[C@]2(C)C(OC(=O)CCC(=O)Cc3ccc(C(=O)O)cc3)C[C@H]3OC[C@@]3(OC(C)=O)[C@H]2[C@H](OC(=O)c2ccccc2)[C@]2(O)C[C@H](OC(=O)[C@H](O)[C@@H](NC(=O)c3ccccc3)c3ccccc3)C(C)=C1C2(C)C. The van der Waals surface area contributed by atoms with Crippen molar-refractivity contribution >= 4 is 53.3 Å². The van der Waals surface area contributed by atoms with Crippen molar-refractivity contribution in [2.75, 3.05) is 6.61 Å². The van der Waals surface area contributed by atoms with Crippen molar-refractivity contribution in [2.45, 2.75) is 128 Å². The highest BCUT2D eigenvalue weighted by Crippen LogP contribution is 2.65. The molecule has 2 saturated carbocycles. The molecule has 1 aliphatic heterocycles. The van der Waals surface area contributed by atoms with Crippen LogP contribution in [0.1, 0.15) is 115 Å². The average molecular weight is 1070 g/mol. The molecule has 4 aliphatic rings. The van der Waals surface area contributed by atoms with Crippen molar-refractivity contribution in [3.05, 3.63) is 154 Å². The van der Waals surface area contributed by atoms with E-state index in [1.807, 2.05) is 0 Å². The van der Waals surface area contributed by atoms with Crippen molar-refractivity contribution in [3.8, 4) is 0 Å². The van der Waals surface area contributed by atoms with E-state index < -0.39 is 143 Å². The molecule has 2 bridgehead atoms. The Bertz CT molecular complexity index is 3030. The molecule has 0 radical (unpaired) electrons. The largest absolute Gasteiger partial charge is 0.478 e. The Morgan fingerprint density at radius 1 is 0.744 bits per heavy atom. The van der Waals surface area contributed by atoms with Gasteiger partial charge in [-0.15, -0.1) is 0 Å². The number of esters is 5. The lowest BCUT2D eigenvalue weighted by atomic mass is 9.44. The first-order valence-electron chi connectivity index (χ1n) is 25.5. The van der Waals surface area contributed by atoms with Gasteiger partial charge in [-0.25, -0.2) is 14.4 Å². The summed E-state index contributed by atoms with van der Waals surface area (Å²) in [7, 11) is 0. The number of carbonyl (C=O) groups excluding carboxylic acids is 8. The number of carboxylic acids is 1. The van der Waals surface area contributed by atoms with Crippen LogP contribution in [0.3, 0.4) is 0 Å². The van der Waals surface area contributed by atoms with E-state index in [1.165, 1.54) is 64.1 Å². The number of hydrogen-bond acceptors (Lipinski definition) is 17. The van der Waals surface area contributed by atoms with E-state index in [0.717, 1.165) is 13.8 Å². The van der Waals surface area contributed by atoms with Crippen molar-refractivity contribution in [3.63, 3.8) is 0 Å². The number of rotatable bonds is 17. The van der Waals surface area contributed by atoms with Gasteiger partial charge in [-0.05, 0) is 72.5 Å². The number of aliphatic hydroxyl groups is 2. The van der Waals surface area contributed by atoms with E-state index in [-0.39, 0.29) is 47.1 Å². The minimum absolute atomic E-state index is 0.00521. The molecular formula is C59H61NO18. The van der Waals surface area contributed by atoms with Gasteiger partial charge in [0.25, 0.3) is 5.91 Å². The summed E-state index contributed by atoms with van der Waals surface area (Å²) in [6.45, 7) is 7.62. The number of hydrogen-bond donors (Lipinski definition) is 4. The molecule has 19 nitrogen and oxygen atoms in total. The topological polar surface area (TPSA) is 282 Å². The number of aromatic carboxylic acids is 1. The minimum Gasteiger partial charge on any atom is -0.478 e. The number of benzene rings is 4. The maximum Gasteiger partial charge on any atom is 0.338 e. The first-order valence-corrected chi connectivity index (χ1v) is 25.5. The Labute approximate surface area is 449 Å². The fourth-order valence-corrected chi connectivity index (χ4v) is 11.9. The predicted molar refractivity (Wildman–Crippen MR) is 273 cm³/mol. The summed E-state index contributed by atoms with van der Waals surface area (Å²) in [5, 5.41) is 38.0. The number of ether oxygens (including phenoxy) is 6. The first-order chi connectivity index (χ1) is 36.9. The second-order valence-electron chi connectivity index (χ2n) is 21.0. The summed E-state index contributed by atoms with van der Waals surface area (Å²) >= 11 is 0. The Kier molecular flexibility index (Phi) is 16.1. The number of nitrogens with one attached hydrogen (secondary N) is 1. The van der Waals surface area contributed by atoms with Gasteiger partial charge in [-0.3, -0.25) is 28.8 Å². The number of amides is 1. The summed E-state index contributed by atoms with van der Waals surface area (Å²) in [5.41, 5.74) is -7.48. The third-order valence-electron chi connectivity index (χ3n) is 15.9. The van der Waals surface area contributed by atoms with Gasteiger partial charge in [0.1, 0.15) is 35.8 Å². The molecule has 0 spiro atoms. The number of carbonyl (C=O) groups is 9. The summed E-state index contributed by atoms with van der Waals surface area (Å²) in [4.78, 5) is 125. The normalized spacial score (nSPS) is 27.5. The number of Topliss-reactive ketones (excluding diaryl/α,β-unsaturated/α-hetero) is 2. The monoisotopic (exact) mass is 1070 g/mol. The zero-order valence-corrected chi connectivity index (χ0v) is 43.8. The molecule has 78 heavy (non-hydrogen) atoms. The van der Waals surface area contributed by atoms with Gasteiger partial charge in [0, 0.05) is 50.5 Å². The smallest absolute Gasteiger partial charge is 0.338 e. The average Bonchev–Trinajstić information content (AvgIpc) is 3.30. The Morgan fingerprint density at radius 2 is 1.35 bits per heavy atom. The van der Waals surface area contributed by atoms with Crippen molar-refractivity contribution in [2.24, 2.45) is 16.7 Å². The Hall–Kier alpha value is -7.87. The van der Waals surface area contributed by atoms with Crippen molar-refractivity contribution in [1.82, 2.24) is 5.32 Å². The first kappa shape index (κ1) is 56.3. The van der Waals surface area contributed by atoms with Crippen LogP contribution >= 0.6 is 0 Å². The number of ketones is 2. The van der Waals surface area contributed by atoms with E-state index in [2.05, 4.69) is 5.32 Å². The molecule has 1 saturated heterocycles. The predicted octanol–water partition coefficient (Wildman–Crippen LogP) is 5.58. The number of fused-ring (bicyclic) bond motifs is 5. The molecule has 4 aromatic carbocycles. The van der Waals surface area contributed by atoms with Crippen LogP contribution in [0.2, 0.25) is 0 Å². The van der Waals surface area contributed by atoms with Crippen LogP contribution in [-0.2, 0) is 63.6 Å². The van der Waals surface area contributed by atoms with Crippen LogP contribution in [0.5, 0.6) is 0 Å². The van der Waals surface area contributed by atoms with E-state index in [9.17, 15) is 53.7 Å². The molecular weight excluding hydrogens is 1010 g/mol. The fraction of sp³-hybridized carbons (Fsp3) is 0.407. The minimum atomic E-state index is -2.54. The van der Waals surface area contributed by atoms with Crippen molar-refractivity contribution < 1.29 is 86.9 Å². The summed E-state index contributed by atoms with van der Waals surface area (Å²) in [6, 6.07) is 28.1. The molecule has 19 heteroatoms. The van der Waals surface area contributed by atoms with Crippen LogP contribution in [0.4, 0.5) is 0 Å². The fourth-order valence-electron chi connectivity index (χ4n) is 11.9. The van der Waals surface area contributed by atoms with Crippen LogP contribution in [-0.4, -0.2) is 123 Å². The lowest BCUT2D eigenvalue weighted by Gasteiger charge is -2.67. The molecule has 4 aromatic rings. The molecule has 410 valence electrons.